The van der Waals surface area contributed by atoms with Crippen LogP contribution in [0.4, 0.5) is 0 Å². The number of ketones is 1. The van der Waals surface area contributed by atoms with Gasteiger partial charge in [-0.3, -0.25) is 14.5 Å². The molecule has 1 N–H and O–H groups in total. The van der Waals surface area contributed by atoms with Crippen molar-refractivity contribution in [1.82, 2.24) is 10.2 Å². The lowest BCUT2D eigenvalue weighted by atomic mass is 9.98. The minimum Gasteiger partial charge on any atom is -0.352 e. The molecule has 0 saturated carbocycles. The number of Topliss-reactive ketones (excluding diaryl/α,β-unsaturated/α-hetero) is 1. The van der Waals surface area contributed by atoms with E-state index >= 15 is 0 Å². The Morgan fingerprint density at radius 2 is 1.82 bits per heavy atom. The van der Waals surface area contributed by atoms with Crippen molar-refractivity contribution in [2.45, 2.75) is 45.7 Å². The van der Waals surface area contributed by atoms with Crippen LogP contribution >= 0.6 is 22.9 Å². The molecule has 1 fully saturated rings. The van der Waals surface area contributed by atoms with Gasteiger partial charge in [0.05, 0.1) is 9.21 Å². The first-order valence-electron chi connectivity index (χ1n) is 9.85. The SMILES string of the molecule is CC1CCN(Cc2ccccc2CNC(=O)CCC(=O)c2ccc(Cl)s2)CC1. The largest absolute Gasteiger partial charge is 0.352 e. The summed E-state index contributed by atoms with van der Waals surface area (Å²) in [5.41, 5.74) is 2.41. The molecule has 0 atom stereocenters. The Hall–Kier alpha value is -1.69. The summed E-state index contributed by atoms with van der Waals surface area (Å²) in [6.07, 6.45) is 2.90. The summed E-state index contributed by atoms with van der Waals surface area (Å²) in [5, 5.41) is 2.96. The normalized spacial score (nSPS) is 15.5. The van der Waals surface area contributed by atoms with Gasteiger partial charge in [-0.05, 0) is 55.1 Å². The van der Waals surface area contributed by atoms with E-state index in [9.17, 15) is 9.59 Å². The van der Waals surface area contributed by atoms with Gasteiger partial charge >= 0.3 is 0 Å². The number of halogens is 1. The number of piperidine rings is 1. The van der Waals surface area contributed by atoms with Gasteiger partial charge < -0.3 is 5.32 Å². The molecule has 6 heteroatoms. The fourth-order valence-electron chi connectivity index (χ4n) is 3.44. The van der Waals surface area contributed by atoms with Crippen LogP contribution in [0.5, 0.6) is 0 Å². The first kappa shape index (κ1) is 21.0. The summed E-state index contributed by atoms with van der Waals surface area (Å²) in [6.45, 7) is 6.01. The van der Waals surface area contributed by atoms with Crippen LogP contribution in [0.2, 0.25) is 4.34 Å². The molecule has 0 aliphatic carbocycles. The maximum Gasteiger partial charge on any atom is 0.220 e. The van der Waals surface area contributed by atoms with Crippen LogP contribution in [0.15, 0.2) is 36.4 Å². The highest BCUT2D eigenvalue weighted by atomic mass is 35.5. The lowest BCUT2D eigenvalue weighted by molar-refractivity contribution is -0.121. The number of amides is 1. The molecule has 0 bridgehead atoms. The third-order valence-corrected chi connectivity index (χ3v) is 6.56. The highest BCUT2D eigenvalue weighted by molar-refractivity contribution is 7.18. The van der Waals surface area contributed by atoms with Crippen molar-refractivity contribution in [3.8, 4) is 0 Å². The molecule has 1 saturated heterocycles. The van der Waals surface area contributed by atoms with Gasteiger partial charge in [0.25, 0.3) is 0 Å². The highest BCUT2D eigenvalue weighted by Crippen LogP contribution is 2.23. The molecule has 1 aromatic heterocycles. The number of nitrogens with one attached hydrogen (secondary N) is 1. The van der Waals surface area contributed by atoms with Gasteiger partial charge in [0.15, 0.2) is 5.78 Å². The number of hydrogen-bond acceptors (Lipinski definition) is 4. The summed E-state index contributed by atoms with van der Waals surface area (Å²) >= 11 is 7.12. The molecule has 0 unspecified atom stereocenters. The number of carbonyl (C=O) groups excluding carboxylic acids is 2. The van der Waals surface area contributed by atoms with Crippen LogP contribution in [0.3, 0.4) is 0 Å². The van der Waals surface area contributed by atoms with Gasteiger partial charge in [-0.25, -0.2) is 0 Å². The van der Waals surface area contributed by atoms with Crippen LogP contribution in [0, 0.1) is 5.92 Å². The summed E-state index contributed by atoms with van der Waals surface area (Å²) < 4.78 is 0.590. The monoisotopic (exact) mass is 418 g/mol. The summed E-state index contributed by atoms with van der Waals surface area (Å²) in [5.74, 6) is 0.683. The first-order chi connectivity index (χ1) is 13.5. The standard InChI is InChI=1S/C22H27ClN2O2S/c1-16-10-12-25(13-11-16)15-18-5-3-2-4-17(18)14-24-22(27)9-6-19(26)20-7-8-21(23)28-20/h2-5,7-8,16H,6,9-15H2,1H3,(H,24,27). The van der Waals surface area contributed by atoms with Crippen molar-refractivity contribution in [1.29, 1.82) is 0 Å². The topological polar surface area (TPSA) is 49.4 Å². The number of rotatable bonds is 8. The Morgan fingerprint density at radius 3 is 2.50 bits per heavy atom. The number of thiophene rings is 1. The predicted octanol–water partition coefficient (Wildman–Crippen LogP) is 4.91. The molecular weight excluding hydrogens is 392 g/mol. The summed E-state index contributed by atoms with van der Waals surface area (Å²) in [6, 6.07) is 11.7. The maximum atomic E-state index is 12.2. The highest BCUT2D eigenvalue weighted by Gasteiger charge is 2.17. The third kappa shape index (κ3) is 6.16. The summed E-state index contributed by atoms with van der Waals surface area (Å²) in [4.78, 5) is 27.4. The van der Waals surface area contributed by atoms with E-state index in [0.29, 0.717) is 15.8 Å². The van der Waals surface area contributed by atoms with E-state index in [-0.39, 0.29) is 24.5 Å². The van der Waals surface area contributed by atoms with E-state index in [4.69, 9.17) is 11.6 Å². The Kier molecular flexibility index (Phi) is 7.65. The zero-order valence-electron chi connectivity index (χ0n) is 16.2. The first-order valence-corrected chi connectivity index (χ1v) is 11.0. The van der Waals surface area contributed by atoms with Crippen LogP contribution in [0.25, 0.3) is 0 Å². The Labute approximate surface area is 175 Å². The molecule has 2 heterocycles. The van der Waals surface area contributed by atoms with Crippen LogP contribution in [-0.4, -0.2) is 29.7 Å². The van der Waals surface area contributed by atoms with E-state index in [2.05, 4.69) is 35.3 Å². The molecule has 1 aliphatic rings. The van der Waals surface area contributed by atoms with Crippen LogP contribution in [-0.2, 0) is 17.9 Å². The Morgan fingerprint density at radius 1 is 1.11 bits per heavy atom. The summed E-state index contributed by atoms with van der Waals surface area (Å²) in [7, 11) is 0. The van der Waals surface area contributed by atoms with Gasteiger partial charge in [-0.1, -0.05) is 42.8 Å². The van der Waals surface area contributed by atoms with Crippen molar-refractivity contribution in [3.63, 3.8) is 0 Å². The molecule has 3 rings (SSSR count). The second kappa shape index (κ2) is 10.2. The van der Waals surface area contributed by atoms with Gasteiger partial charge in [0.1, 0.15) is 0 Å². The molecule has 0 spiro atoms. The maximum absolute atomic E-state index is 12.2. The van der Waals surface area contributed by atoms with Gasteiger partial charge in [-0.15, -0.1) is 11.3 Å². The number of hydrogen-bond donors (Lipinski definition) is 1. The molecule has 150 valence electrons. The number of nitrogens with zero attached hydrogens (tertiary/aromatic N) is 1. The molecule has 1 aromatic carbocycles. The third-order valence-electron chi connectivity index (χ3n) is 5.29. The van der Waals surface area contributed by atoms with Gasteiger partial charge in [-0.2, -0.15) is 0 Å². The Bertz CT molecular complexity index is 812. The minimum atomic E-state index is -0.0994. The molecule has 28 heavy (non-hydrogen) atoms. The molecule has 4 nitrogen and oxygen atoms in total. The van der Waals surface area contributed by atoms with E-state index < -0.39 is 0 Å². The number of carbonyl (C=O) groups is 2. The van der Waals surface area contributed by atoms with Crippen LogP contribution in [0.1, 0.15) is 53.4 Å². The quantitative estimate of drug-likeness (QED) is 0.619. The van der Waals surface area contributed by atoms with Crippen LogP contribution < -0.4 is 5.32 Å². The molecule has 1 aliphatic heterocycles. The fraction of sp³-hybridized carbons (Fsp3) is 0.455. The van der Waals surface area contributed by atoms with E-state index in [1.807, 2.05) is 6.07 Å². The minimum absolute atomic E-state index is 0.0354. The van der Waals surface area contributed by atoms with Crippen molar-refractivity contribution in [3.05, 3.63) is 56.7 Å². The second-order valence-corrected chi connectivity index (χ2v) is 9.25. The van der Waals surface area contributed by atoms with Crippen molar-refractivity contribution >= 4 is 34.6 Å². The van der Waals surface area contributed by atoms with E-state index in [1.54, 1.807) is 12.1 Å². The fourth-order valence-corrected chi connectivity index (χ4v) is 4.45. The molecule has 1 amide bonds. The average Bonchev–Trinajstić information content (AvgIpc) is 3.13. The molecule has 0 radical (unpaired) electrons. The van der Waals surface area contributed by atoms with E-state index in [1.165, 1.54) is 29.7 Å². The Balaban J connectivity index is 1.47. The van der Waals surface area contributed by atoms with Gasteiger partial charge in [0, 0.05) is 25.9 Å². The molecular formula is C22H27ClN2O2S. The number of likely N-dealkylation sites (tertiary alicyclic amines) is 1. The second-order valence-electron chi connectivity index (χ2n) is 7.53. The van der Waals surface area contributed by atoms with Gasteiger partial charge in [0.2, 0.25) is 5.91 Å². The lowest BCUT2D eigenvalue weighted by Gasteiger charge is -2.30. The van der Waals surface area contributed by atoms with Crippen molar-refractivity contribution in [2.24, 2.45) is 5.92 Å². The van der Waals surface area contributed by atoms with Crippen molar-refractivity contribution < 1.29 is 9.59 Å². The average molecular weight is 419 g/mol. The number of benzene rings is 1. The zero-order valence-corrected chi connectivity index (χ0v) is 17.8. The smallest absolute Gasteiger partial charge is 0.220 e. The molecule has 2 aromatic rings. The van der Waals surface area contributed by atoms with E-state index in [0.717, 1.165) is 31.1 Å². The predicted molar refractivity (Wildman–Crippen MR) is 115 cm³/mol. The van der Waals surface area contributed by atoms with Crippen molar-refractivity contribution in [2.75, 3.05) is 13.1 Å². The zero-order chi connectivity index (χ0) is 19.9. The lowest BCUT2D eigenvalue weighted by Crippen LogP contribution is -2.33.